The Labute approximate surface area is 78.0 Å². The summed E-state index contributed by atoms with van der Waals surface area (Å²) < 4.78 is 0. The Hall–Kier alpha value is -0.440. The molecule has 1 atom stereocenters. The Morgan fingerprint density at radius 1 is 1.23 bits per heavy atom. The van der Waals surface area contributed by atoms with Gasteiger partial charge >= 0.3 is 0 Å². The fraction of sp³-hybridized carbons (Fsp3) is 1.00. The third-order valence-corrected chi connectivity index (χ3v) is 4.98. The van der Waals surface area contributed by atoms with Crippen LogP contribution in [0.2, 0.25) is 0 Å². The Morgan fingerprint density at radius 3 is 2.15 bits per heavy atom. The summed E-state index contributed by atoms with van der Waals surface area (Å²) in [4.78, 5) is 11.0. The van der Waals surface area contributed by atoms with Crippen LogP contribution in [0.15, 0.2) is 5.18 Å². The fourth-order valence-electron chi connectivity index (χ4n) is 3.65. The van der Waals surface area contributed by atoms with Gasteiger partial charge in [0.15, 0.2) is 0 Å². The zero-order chi connectivity index (χ0) is 9.16. The molecule has 3 heteroatoms. The highest BCUT2D eigenvalue weighted by molar-refractivity contribution is 5.32. The fourth-order valence-corrected chi connectivity index (χ4v) is 3.65. The monoisotopic (exact) mass is 180 g/mol. The van der Waals surface area contributed by atoms with Crippen molar-refractivity contribution in [2.45, 2.75) is 44.1 Å². The molecule has 72 valence electrons. The molecule has 0 heterocycles. The van der Waals surface area contributed by atoms with Gasteiger partial charge in [-0.25, -0.2) is 0 Å². The van der Waals surface area contributed by atoms with Crippen LogP contribution < -0.4 is 5.73 Å². The van der Waals surface area contributed by atoms with E-state index < -0.39 is 0 Å². The molecule has 0 aromatic carbocycles. The van der Waals surface area contributed by atoms with Gasteiger partial charge in [0.1, 0.15) is 5.54 Å². The van der Waals surface area contributed by atoms with E-state index in [1.54, 1.807) is 0 Å². The molecule has 1 unspecified atom stereocenters. The molecule has 3 nitrogen and oxygen atoms in total. The van der Waals surface area contributed by atoms with E-state index in [0.717, 1.165) is 12.8 Å². The third-order valence-electron chi connectivity index (χ3n) is 4.98. The van der Waals surface area contributed by atoms with Gasteiger partial charge in [-0.15, -0.1) is 0 Å². The number of rotatable bonds is 3. The van der Waals surface area contributed by atoms with Crippen LogP contribution in [0.1, 0.15) is 38.5 Å². The lowest BCUT2D eigenvalue weighted by molar-refractivity contribution is 0.121. The van der Waals surface area contributed by atoms with Gasteiger partial charge in [-0.3, -0.25) is 0 Å². The third kappa shape index (κ3) is 0.642. The number of nitrogens with zero attached hydrogens (tertiary/aromatic N) is 1. The summed E-state index contributed by atoms with van der Waals surface area (Å²) in [6.07, 6.45) is 6.93. The first-order valence-electron chi connectivity index (χ1n) is 5.29. The van der Waals surface area contributed by atoms with Crippen molar-refractivity contribution >= 4 is 0 Å². The van der Waals surface area contributed by atoms with E-state index in [0.29, 0.717) is 12.0 Å². The quantitative estimate of drug-likeness (QED) is 0.673. The summed E-state index contributed by atoms with van der Waals surface area (Å²) in [6.45, 7) is 0.679. The molecule has 3 aliphatic carbocycles. The predicted molar refractivity (Wildman–Crippen MR) is 50.1 cm³/mol. The summed E-state index contributed by atoms with van der Waals surface area (Å²) in [5.74, 6) is 0. The summed E-state index contributed by atoms with van der Waals surface area (Å²) in [5, 5.41) is 3.44. The van der Waals surface area contributed by atoms with Gasteiger partial charge < -0.3 is 5.73 Å². The molecule has 3 saturated carbocycles. The molecule has 3 fully saturated rings. The standard InChI is InChI=1S/C10H16N2O/c11-7-9(6-8(9)4-5-8)10(12-13)2-1-3-10/h1-7,11H2. The van der Waals surface area contributed by atoms with Crippen LogP contribution in [0.25, 0.3) is 0 Å². The highest BCUT2D eigenvalue weighted by Gasteiger charge is 2.81. The number of hydrogen-bond acceptors (Lipinski definition) is 3. The van der Waals surface area contributed by atoms with Crippen LogP contribution in [-0.4, -0.2) is 12.1 Å². The topological polar surface area (TPSA) is 55.4 Å². The lowest BCUT2D eigenvalue weighted by Crippen LogP contribution is -2.49. The zero-order valence-electron chi connectivity index (χ0n) is 7.88. The van der Waals surface area contributed by atoms with Crippen molar-refractivity contribution < 1.29 is 0 Å². The molecular formula is C10H16N2O. The Bertz CT molecular complexity index is 268. The number of hydrogen-bond donors (Lipinski definition) is 1. The highest BCUT2D eigenvalue weighted by atomic mass is 16.3. The molecule has 3 aliphatic rings. The zero-order valence-corrected chi connectivity index (χ0v) is 7.88. The molecule has 3 rings (SSSR count). The van der Waals surface area contributed by atoms with Gasteiger partial charge in [0.25, 0.3) is 0 Å². The van der Waals surface area contributed by atoms with E-state index in [1.807, 2.05) is 0 Å². The number of nitrogens with two attached hydrogens (primary N) is 1. The minimum absolute atomic E-state index is 0.139. The molecule has 0 bridgehead atoms. The van der Waals surface area contributed by atoms with Crippen molar-refractivity contribution in [1.29, 1.82) is 0 Å². The average molecular weight is 180 g/mol. The largest absolute Gasteiger partial charge is 0.330 e. The summed E-state index contributed by atoms with van der Waals surface area (Å²) in [6, 6.07) is 0. The van der Waals surface area contributed by atoms with Crippen LogP contribution in [0, 0.1) is 15.7 Å². The van der Waals surface area contributed by atoms with E-state index in [1.165, 1.54) is 25.7 Å². The van der Waals surface area contributed by atoms with E-state index in [4.69, 9.17) is 5.73 Å². The summed E-state index contributed by atoms with van der Waals surface area (Å²) in [5.41, 5.74) is 6.24. The smallest absolute Gasteiger partial charge is 0.110 e. The summed E-state index contributed by atoms with van der Waals surface area (Å²) in [7, 11) is 0. The second-order valence-corrected chi connectivity index (χ2v) is 5.22. The van der Waals surface area contributed by atoms with Gasteiger partial charge in [-0.2, -0.15) is 4.91 Å². The van der Waals surface area contributed by atoms with Gasteiger partial charge in [-0.05, 0) is 43.9 Å². The average Bonchev–Trinajstić information content (AvgIpc) is 2.93. The molecule has 2 N–H and O–H groups in total. The van der Waals surface area contributed by atoms with Gasteiger partial charge in [0.2, 0.25) is 0 Å². The molecular weight excluding hydrogens is 164 g/mol. The Morgan fingerprint density at radius 2 is 1.92 bits per heavy atom. The van der Waals surface area contributed by atoms with Crippen LogP contribution in [0.5, 0.6) is 0 Å². The molecule has 0 saturated heterocycles. The maximum Gasteiger partial charge on any atom is 0.110 e. The van der Waals surface area contributed by atoms with Crippen molar-refractivity contribution in [3.8, 4) is 0 Å². The molecule has 0 aliphatic heterocycles. The maximum absolute atomic E-state index is 11.0. The Balaban J connectivity index is 1.93. The molecule has 0 aromatic heterocycles. The van der Waals surface area contributed by atoms with Crippen molar-refractivity contribution in [3.05, 3.63) is 4.91 Å². The van der Waals surface area contributed by atoms with E-state index in [9.17, 15) is 4.91 Å². The van der Waals surface area contributed by atoms with Crippen molar-refractivity contribution in [1.82, 2.24) is 0 Å². The van der Waals surface area contributed by atoms with E-state index in [-0.39, 0.29) is 11.0 Å². The van der Waals surface area contributed by atoms with Crippen LogP contribution in [-0.2, 0) is 0 Å². The first kappa shape index (κ1) is 7.92. The molecule has 1 spiro atoms. The SMILES string of the molecule is NCC1(C2(N=O)CCC2)CC12CC2. The minimum atomic E-state index is -0.238. The van der Waals surface area contributed by atoms with Crippen LogP contribution in [0.4, 0.5) is 0 Å². The minimum Gasteiger partial charge on any atom is -0.330 e. The van der Waals surface area contributed by atoms with E-state index in [2.05, 4.69) is 5.18 Å². The van der Waals surface area contributed by atoms with Gasteiger partial charge in [0.05, 0.1) is 0 Å². The van der Waals surface area contributed by atoms with Crippen molar-refractivity contribution in [2.24, 2.45) is 21.7 Å². The number of nitroso groups, excluding NO2 is 1. The van der Waals surface area contributed by atoms with Gasteiger partial charge in [0, 0.05) is 12.0 Å². The van der Waals surface area contributed by atoms with Gasteiger partial charge in [-0.1, -0.05) is 5.18 Å². The normalized spacial score (nSPS) is 42.5. The molecule has 0 radical (unpaired) electrons. The highest BCUT2D eigenvalue weighted by Crippen LogP contribution is 2.84. The second-order valence-electron chi connectivity index (χ2n) is 5.22. The molecule has 0 aromatic rings. The van der Waals surface area contributed by atoms with Crippen molar-refractivity contribution in [2.75, 3.05) is 6.54 Å². The first-order valence-corrected chi connectivity index (χ1v) is 5.29. The lowest BCUT2D eigenvalue weighted by Gasteiger charge is -2.42. The maximum atomic E-state index is 11.0. The Kier molecular flexibility index (Phi) is 1.20. The van der Waals surface area contributed by atoms with Crippen LogP contribution >= 0.6 is 0 Å². The summed E-state index contributed by atoms with van der Waals surface area (Å²) >= 11 is 0. The molecule has 0 amide bonds. The first-order chi connectivity index (χ1) is 6.24. The second kappa shape index (κ2) is 1.97. The lowest BCUT2D eigenvalue weighted by atomic mass is 9.65. The van der Waals surface area contributed by atoms with Crippen LogP contribution in [0.3, 0.4) is 0 Å². The van der Waals surface area contributed by atoms with E-state index >= 15 is 0 Å². The van der Waals surface area contributed by atoms with Crippen molar-refractivity contribution in [3.63, 3.8) is 0 Å². The predicted octanol–water partition coefficient (Wildman–Crippen LogP) is 1.80. The molecule has 13 heavy (non-hydrogen) atoms.